The molecule has 1 heterocycles. The van der Waals surface area contributed by atoms with Crippen molar-refractivity contribution in [3.8, 4) is 0 Å². The third-order valence-corrected chi connectivity index (χ3v) is 5.08. The number of amides is 1. The van der Waals surface area contributed by atoms with Crippen LogP contribution in [0.15, 0.2) is 24.3 Å². The number of nitrogens with zero attached hydrogens (tertiary/aromatic N) is 1. The van der Waals surface area contributed by atoms with Crippen molar-refractivity contribution < 1.29 is 14.3 Å². The number of unbranched alkanes of at least 4 members (excludes halogenated alkanes) is 2. The number of hydrogen-bond acceptors (Lipinski definition) is 4. The number of likely N-dealkylation sites (tertiary alicyclic amines) is 1. The van der Waals surface area contributed by atoms with Crippen LogP contribution in [-0.2, 0) is 9.53 Å². The van der Waals surface area contributed by atoms with Crippen LogP contribution < -0.4 is 5.32 Å². The van der Waals surface area contributed by atoms with E-state index in [9.17, 15) is 9.59 Å². The van der Waals surface area contributed by atoms with Crippen LogP contribution in [0.2, 0.25) is 0 Å². The maximum atomic E-state index is 12.9. The molecule has 1 atom stereocenters. The highest BCUT2D eigenvalue weighted by Crippen LogP contribution is 2.19. The number of rotatable bonds is 10. The molecule has 1 amide bonds. The first-order chi connectivity index (χ1) is 13.2. The van der Waals surface area contributed by atoms with E-state index in [1.165, 1.54) is 19.3 Å². The average molecular weight is 411 g/mol. The summed E-state index contributed by atoms with van der Waals surface area (Å²) in [7, 11) is 0. The highest BCUT2D eigenvalue weighted by atomic mass is 35.5. The van der Waals surface area contributed by atoms with Crippen LogP contribution in [0.25, 0.3) is 0 Å². The van der Waals surface area contributed by atoms with Crippen LogP contribution in [0.5, 0.6) is 0 Å². The van der Waals surface area contributed by atoms with Crippen molar-refractivity contribution in [1.29, 1.82) is 0 Å². The lowest BCUT2D eigenvalue weighted by atomic mass is 10.0. The third kappa shape index (κ3) is 7.80. The van der Waals surface area contributed by atoms with Crippen LogP contribution in [0.1, 0.15) is 75.6 Å². The molecule has 1 unspecified atom stereocenters. The van der Waals surface area contributed by atoms with E-state index in [1.54, 1.807) is 24.3 Å². The van der Waals surface area contributed by atoms with Gasteiger partial charge in [-0.3, -0.25) is 9.69 Å². The van der Waals surface area contributed by atoms with E-state index in [4.69, 9.17) is 4.74 Å². The molecule has 2 rings (SSSR count). The van der Waals surface area contributed by atoms with E-state index in [1.807, 2.05) is 0 Å². The van der Waals surface area contributed by atoms with Crippen molar-refractivity contribution in [2.75, 3.05) is 25.0 Å². The fourth-order valence-corrected chi connectivity index (χ4v) is 3.41. The van der Waals surface area contributed by atoms with Gasteiger partial charge in [0.1, 0.15) is 0 Å². The number of ether oxygens (including phenoxy) is 1. The van der Waals surface area contributed by atoms with Gasteiger partial charge in [0.05, 0.1) is 18.2 Å². The van der Waals surface area contributed by atoms with Gasteiger partial charge in [-0.05, 0) is 63.0 Å². The molecule has 0 saturated carbocycles. The van der Waals surface area contributed by atoms with Gasteiger partial charge in [-0.15, -0.1) is 12.4 Å². The number of esters is 1. The molecule has 1 aromatic rings. The van der Waals surface area contributed by atoms with E-state index in [2.05, 4.69) is 24.1 Å². The summed E-state index contributed by atoms with van der Waals surface area (Å²) >= 11 is 0. The van der Waals surface area contributed by atoms with Crippen molar-refractivity contribution in [3.63, 3.8) is 0 Å². The summed E-state index contributed by atoms with van der Waals surface area (Å²) in [5, 5.41) is 3.03. The Morgan fingerprint density at radius 1 is 1.04 bits per heavy atom. The zero-order chi connectivity index (χ0) is 19.5. The van der Waals surface area contributed by atoms with E-state index < -0.39 is 0 Å². The molecule has 0 spiro atoms. The Kier molecular flexibility index (Phi) is 11.8. The summed E-state index contributed by atoms with van der Waals surface area (Å²) in [5.41, 5.74) is 1.24. The van der Waals surface area contributed by atoms with E-state index >= 15 is 0 Å². The fourth-order valence-electron chi connectivity index (χ4n) is 3.41. The predicted molar refractivity (Wildman–Crippen MR) is 116 cm³/mol. The molecule has 6 heteroatoms. The molecule has 0 aliphatic carbocycles. The number of piperidine rings is 1. The Morgan fingerprint density at radius 3 is 2.29 bits per heavy atom. The van der Waals surface area contributed by atoms with E-state index in [-0.39, 0.29) is 30.3 Å². The Hall–Kier alpha value is -1.59. The monoisotopic (exact) mass is 410 g/mol. The number of carbonyl (C=O) groups is 2. The van der Waals surface area contributed by atoms with Crippen LogP contribution in [0, 0.1) is 0 Å². The Labute approximate surface area is 175 Å². The first-order valence-electron chi connectivity index (χ1n) is 10.5. The molecule has 1 aliphatic rings. The highest BCUT2D eigenvalue weighted by Gasteiger charge is 2.26. The summed E-state index contributed by atoms with van der Waals surface area (Å²) < 4.78 is 5.22. The van der Waals surface area contributed by atoms with Gasteiger partial charge in [-0.2, -0.15) is 0 Å². The van der Waals surface area contributed by atoms with Gasteiger partial charge in [0, 0.05) is 5.69 Å². The van der Waals surface area contributed by atoms with Crippen molar-refractivity contribution in [2.45, 2.75) is 71.3 Å². The molecule has 0 aromatic heterocycles. The number of halogens is 1. The van der Waals surface area contributed by atoms with E-state index in [0.29, 0.717) is 12.2 Å². The summed E-state index contributed by atoms with van der Waals surface area (Å²) in [6, 6.07) is 6.92. The van der Waals surface area contributed by atoms with Gasteiger partial charge in [0.15, 0.2) is 0 Å². The molecule has 1 N–H and O–H groups in total. The fraction of sp³-hybridized carbons (Fsp3) is 0.636. The molecule has 158 valence electrons. The topological polar surface area (TPSA) is 58.6 Å². The summed E-state index contributed by atoms with van der Waals surface area (Å²) in [5.74, 6) is -0.251. The van der Waals surface area contributed by atoms with Gasteiger partial charge in [0.2, 0.25) is 5.91 Å². The smallest absolute Gasteiger partial charge is 0.338 e. The van der Waals surface area contributed by atoms with Crippen molar-refractivity contribution in [3.05, 3.63) is 29.8 Å². The molecule has 0 radical (unpaired) electrons. The minimum Gasteiger partial charge on any atom is -0.462 e. The second kappa shape index (κ2) is 13.6. The number of hydrogen-bond donors (Lipinski definition) is 1. The third-order valence-electron chi connectivity index (χ3n) is 5.08. The Balaban J connectivity index is 0.00000392. The summed E-state index contributed by atoms with van der Waals surface area (Å²) in [4.78, 5) is 27.2. The first-order valence-corrected chi connectivity index (χ1v) is 10.5. The van der Waals surface area contributed by atoms with Gasteiger partial charge in [-0.25, -0.2) is 4.79 Å². The number of carbonyl (C=O) groups excluding carboxylic acids is 2. The second-order valence-corrected chi connectivity index (χ2v) is 7.31. The van der Waals surface area contributed by atoms with Gasteiger partial charge in [0.25, 0.3) is 0 Å². The summed E-state index contributed by atoms with van der Waals surface area (Å²) in [6.07, 6.45) is 8.50. The lowest BCUT2D eigenvalue weighted by molar-refractivity contribution is -0.122. The van der Waals surface area contributed by atoms with Crippen LogP contribution >= 0.6 is 12.4 Å². The van der Waals surface area contributed by atoms with E-state index in [0.717, 1.165) is 50.9 Å². The van der Waals surface area contributed by atoms with Gasteiger partial charge >= 0.3 is 5.97 Å². The molecule has 0 bridgehead atoms. The largest absolute Gasteiger partial charge is 0.462 e. The molecular weight excluding hydrogens is 376 g/mol. The average Bonchev–Trinajstić information content (AvgIpc) is 2.70. The molecule has 1 saturated heterocycles. The van der Waals surface area contributed by atoms with Crippen LogP contribution in [0.4, 0.5) is 5.69 Å². The maximum absolute atomic E-state index is 12.9. The van der Waals surface area contributed by atoms with Crippen molar-refractivity contribution in [2.24, 2.45) is 0 Å². The lowest BCUT2D eigenvalue weighted by Crippen LogP contribution is -2.46. The summed E-state index contributed by atoms with van der Waals surface area (Å²) in [6.45, 7) is 6.67. The molecular formula is C22H35ClN2O3. The normalized spacial score (nSPS) is 15.4. The number of nitrogens with one attached hydrogen (secondary N) is 1. The molecule has 1 aromatic carbocycles. The second-order valence-electron chi connectivity index (χ2n) is 7.31. The quantitative estimate of drug-likeness (QED) is 0.433. The Bertz CT molecular complexity index is 586. The van der Waals surface area contributed by atoms with Gasteiger partial charge in [-0.1, -0.05) is 39.5 Å². The zero-order valence-electron chi connectivity index (χ0n) is 17.2. The first kappa shape index (κ1) is 24.4. The van der Waals surface area contributed by atoms with Crippen LogP contribution in [0.3, 0.4) is 0 Å². The molecule has 1 fully saturated rings. The van der Waals surface area contributed by atoms with Crippen LogP contribution in [-0.4, -0.2) is 42.5 Å². The predicted octanol–water partition coefficient (Wildman–Crippen LogP) is 5.05. The maximum Gasteiger partial charge on any atom is 0.338 e. The van der Waals surface area contributed by atoms with Gasteiger partial charge < -0.3 is 10.1 Å². The minimum absolute atomic E-state index is 0. The lowest BCUT2D eigenvalue weighted by Gasteiger charge is -2.33. The molecule has 1 aliphatic heterocycles. The Morgan fingerprint density at radius 2 is 1.68 bits per heavy atom. The standard InChI is InChI=1S/C22H34N2O3.ClH/c1-3-5-10-20(24-15-8-7-9-16-24)21(25)23-19-13-11-18(12-14-19)22(26)27-17-6-4-2;/h11-14,20H,3-10,15-17H2,1-2H3,(H,23,25);1H. The molecule has 5 nitrogen and oxygen atoms in total. The number of benzene rings is 1. The van der Waals surface area contributed by atoms with Crippen molar-refractivity contribution >= 4 is 30.0 Å². The molecule has 28 heavy (non-hydrogen) atoms. The zero-order valence-corrected chi connectivity index (χ0v) is 18.1. The highest BCUT2D eigenvalue weighted by molar-refractivity contribution is 5.95. The minimum atomic E-state index is -0.310. The van der Waals surface area contributed by atoms with Crippen molar-refractivity contribution in [1.82, 2.24) is 4.90 Å². The SMILES string of the molecule is CCCCOC(=O)c1ccc(NC(=O)C(CCCC)N2CCCCC2)cc1.Cl. The number of anilines is 1.